The van der Waals surface area contributed by atoms with E-state index in [9.17, 15) is 18.8 Å². The molecule has 41 heavy (non-hydrogen) atoms. The monoisotopic (exact) mass is 605 g/mol. The van der Waals surface area contributed by atoms with E-state index in [1.807, 2.05) is 17.9 Å². The van der Waals surface area contributed by atoms with Crippen LogP contribution in [-0.4, -0.2) is 77.9 Å². The number of likely N-dealkylation sites (N-methyl/N-ethyl adjacent to an activating group) is 1. The predicted octanol–water partition coefficient (Wildman–Crippen LogP) is 3.32. The van der Waals surface area contributed by atoms with Gasteiger partial charge in [0.25, 0.3) is 0 Å². The lowest BCUT2D eigenvalue weighted by Gasteiger charge is -2.45. The number of piperazine rings is 1. The SMILES string of the molecule is CCCC1CN(C(Cc2ccc(Cl)cc2Cl)C(=O)NC)CCN1C(=O)C(Cc1ccc(F)cc1)NC(=O)C1(N)CC1. The molecule has 3 atom stereocenters. The van der Waals surface area contributed by atoms with E-state index in [4.69, 9.17) is 28.9 Å². The molecule has 1 saturated carbocycles. The Balaban J connectivity index is 1.54. The molecule has 222 valence electrons. The maximum absolute atomic E-state index is 14.0. The Morgan fingerprint density at radius 1 is 1.10 bits per heavy atom. The molecule has 2 aromatic rings. The average molecular weight is 607 g/mol. The number of benzene rings is 2. The van der Waals surface area contributed by atoms with Crippen molar-refractivity contribution < 1.29 is 18.8 Å². The van der Waals surface area contributed by atoms with E-state index in [1.54, 1.807) is 31.3 Å². The molecule has 1 aliphatic heterocycles. The van der Waals surface area contributed by atoms with Gasteiger partial charge in [0.15, 0.2) is 0 Å². The van der Waals surface area contributed by atoms with E-state index in [1.165, 1.54) is 12.1 Å². The van der Waals surface area contributed by atoms with Gasteiger partial charge in [-0.3, -0.25) is 19.3 Å². The number of hydrogen-bond donors (Lipinski definition) is 3. The standard InChI is InChI=1S/C30H38Cl2FN5O3/c1-3-4-23-18-37(26(27(39)35-2)16-20-7-8-21(31)17-24(20)32)13-14-38(23)28(40)25(36-29(41)30(34)11-12-30)15-19-5-9-22(33)10-6-19/h5-10,17,23,25-26H,3-4,11-16,18,34H2,1-2H3,(H,35,39)(H,36,41). The van der Waals surface area contributed by atoms with Gasteiger partial charge in [0, 0.05) is 49.2 Å². The number of nitrogens with zero attached hydrogens (tertiary/aromatic N) is 2. The van der Waals surface area contributed by atoms with Crippen molar-refractivity contribution in [3.8, 4) is 0 Å². The van der Waals surface area contributed by atoms with Crippen LogP contribution in [0.25, 0.3) is 0 Å². The Morgan fingerprint density at radius 3 is 2.41 bits per heavy atom. The molecule has 0 bridgehead atoms. The summed E-state index contributed by atoms with van der Waals surface area (Å²) in [7, 11) is 1.61. The van der Waals surface area contributed by atoms with Crippen molar-refractivity contribution in [3.63, 3.8) is 0 Å². The lowest BCUT2D eigenvalue weighted by Crippen LogP contribution is -2.63. The van der Waals surface area contributed by atoms with E-state index < -0.39 is 17.6 Å². The molecule has 2 aromatic carbocycles. The van der Waals surface area contributed by atoms with Crippen molar-refractivity contribution in [2.45, 2.75) is 69.1 Å². The molecular weight excluding hydrogens is 568 g/mol. The summed E-state index contributed by atoms with van der Waals surface area (Å²) in [5.74, 6) is -1.06. The van der Waals surface area contributed by atoms with Crippen molar-refractivity contribution >= 4 is 40.9 Å². The van der Waals surface area contributed by atoms with E-state index in [2.05, 4.69) is 15.5 Å². The quantitative estimate of drug-likeness (QED) is 0.364. The first-order valence-corrected chi connectivity index (χ1v) is 14.8. The second kappa shape index (κ2) is 13.5. The van der Waals surface area contributed by atoms with Crippen molar-refractivity contribution in [3.05, 3.63) is 69.5 Å². The van der Waals surface area contributed by atoms with E-state index in [-0.39, 0.29) is 36.0 Å². The third-order valence-corrected chi connectivity index (χ3v) is 8.62. The molecule has 4 N–H and O–H groups in total. The minimum absolute atomic E-state index is 0.134. The fourth-order valence-corrected chi connectivity index (χ4v) is 5.89. The van der Waals surface area contributed by atoms with Crippen LogP contribution in [-0.2, 0) is 27.2 Å². The second-order valence-corrected chi connectivity index (χ2v) is 11.9. The van der Waals surface area contributed by atoms with Crippen LogP contribution in [0, 0.1) is 5.82 Å². The third kappa shape index (κ3) is 7.77. The summed E-state index contributed by atoms with van der Waals surface area (Å²) in [6.07, 6.45) is 3.32. The van der Waals surface area contributed by atoms with Crippen molar-refractivity contribution in [1.82, 2.24) is 20.4 Å². The Bertz CT molecular complexity index is 1260. The zero-order chi connectivity index (χ0) is 29.7. The normalized spacial score (nSPS) is 19.8. The number of halogens is 3. The smallest absolute Gasteiger partial charge is 0.245 e. The molecular formula is C30H38Cl2FN5O3. The van der Waals surface area contributed by atoms with Crippen LogP contribution in [0.15, 0.2) is 42.5 Å². The van der Waals surface area contributed by atoms with Gasteiger partial charge in [0.05, 0.1) is 11.6 Å². The zero-order valence-electron chi connectivity index (χ0n) is 23.5. The molecule has 1 aliphatic carbocycles. The van der Waals surface area contributed by atoms with Crippen molar-refractivity contribution in [2.24, 2.45) is 5.73 Å². The fraction of sp³-hybridized carbons (Fsp3) is 0.500. The molecule has 0 spiro atoms. The highest BCUT2D eigenvalue weighted by molar-refractivity contribution is 6.35. The van der Waals surface area contributed by atoms with Gasteiger partial charge in [0.2, 0.25) is 17.7 Å². The van der Waals surface area contributed by atoms with Gasteiger partial charge >= 0.3 is 0 Å². The topological polar surface area (TPSA) is 108 Å². The predicted molar refractivity (Wildman–Crippen MR) is 158 cm³/mol. The summed E-state index contributed by atoms with van der Waals surface area (Å²) < 4.78 is 13.5. The highest BCUT2D eigenvalue weighted by Crippen LogP contribution is 2.32. The maximum atomic E-state index is 14.0. The molecule has 3 unspecified atom stereocenters. The van der Waals surface area contributed by atoms with Gasteiger partial charge in [-0.25, -0.2) is 4.39 Å². The van der Waals surface area contributed by atoms with Crippen LogP contribution < -0.4 is 16.4 Å². The molecule has 1 heterocycles. The number of nitrogens with one attached hydrogen (secondary N) is 2. The molecule has 0 aromatic heterocycles. The largest absolute Gasteiger partial charge is 0.358 e. The second-order valence-electron chi connectivity index (χ2n) is 11.1. The first kappa shape index (κ1) is 31.2. The van der Waals surface area contributed by atoms with Crippen LogP contribution in [0.5, 0.6) is 0 Å². The van der Waals surface area contributed by atoms with E-state index in [0.717, 1.165) is 24.0 Å². The third-order valence-electron chi connectivity index (χ3n) is 8.03. The van der Waals surface area contributed by atoms with Crippen LogP contribution in [0.2, 0.25) is 10.0 Å². The summed E-state index contributed by atoms with van der Waals surface area (Å²) in [5.41, 5.74) is 6.74. The minimum Gasteiger partial charge on any atom is -0.358 e. The molecule has 4 rings (SSSR count). The number of carbonyl (C=O) groups excluding carboxylic acids is 3. The van der Waals surface area contributed by atoms with Gasteiger partial charge in [-0.15, -0.1) is 0 Å². The average Bonchev–Trinajstić information content (AvgIpc) is 3.71. The number of amides is 3. The molecule has 8 nitrogen and oxygen atoms in total. The number of carbonyl (C=O) groups is 3. The summed E-state index contributed by atoms with van der Waals surface area (Å²) in [4.78, 5) is 43.9. The molecule has 11 heteroatoms. The van der Waals surface area contributed by atoms with Crippen LogP contribution in [0.4, 0.5) is 4.39 Å². The first-order valence-electron chi connectivity index (χ1n) is 14.1. The number of nitrogens with two attached hydrogens (primary N) is 1. The molecule has 1 saturated heterocycles. The molecule has 0 radical (unpaired) electrons. The Hall–Kier alpha value is -2.72. The minimum atomic E-state index is -0.938. The van der Waals surface area contributed by atoms with E-state index in [0.29, 0.717) is 48.9 Å². The fourth-order valence-electron chi connectivity index (χ4n) is 5.40. The summed E-state index contributed by atoms with van der Waals surface area (Å²) in [6.45, 7) is 3.39. The number of hydrogen-bond acceptors (Lipinski definition) is 5. The van der Waals surface area contributed by atoms with Crippen LogP contribution >= 0.6 is 23.2 Å². The molecule has 2 fully saturated rings. The summed E-state index contributed by atoms with van der Waals surface area (Å²) in [6, 6.07) is 9.66. The highest BCUT2D eigenvalue weighted by Gasteiger charge is 2.47. The Labute approximate surface area is 250 Å². The Kier molecular flexibility index (Phi) is 10.3. The maximum Gasteiger partial charge on any atom is 0.245 e. The molecule has 3 amide bonds. The van der Waals surface area contributed by atoms with Crippen molar-refractivity contribution in [1.29, 1.82) is 0 Å². The lowest BCUT2D eigenvalue weighted by molar-refractivity contribution is -0.142. The molecule has 2 aliphatic rings. The van der Waals surface area contributed by atoms with Gasteiger partial charge in [-0.05, 0) is 61.1 Å². The Morgan fingerprint density at radius 2 is 1.80 bits per heavy atom. The first-order chi connectivity index (χ1) is 19.5. The summed E-state index contributed by atoms with van der Waals surface area (Å²) in [5, 5.41) is 6.69. The zero-order valence-corrected chi connectivity index (χ0v) is 25.0. The van der Waals surface area contributed by atoms with Crippen LogP contribution in [0.3, 0.4) is 0 Å². The van der Waals surface area contributed by atoms with Gasteiger partial charge < -0.3 is 21.3 Å². The van der Waals surface area contributed by atoms with Crippen LogP contribution in [0.1, 0.15) is 43.7 Å². The van der Waals surface area contributed by atoms with Gasteiger partial charge in [0.1, 0.15) is 11.9 Å². The number of rotatable bonds is 11. The lowest BCUT2D eigenvalue weighted by atomic mass is 9.98. The summed E-state index contributed by atoms with van der Waals surface area (Å²) >= 11 is 12.5. The van der Waals surface area contributed by atoms with Crippen molar-refractivity contribution in [2.75, 3.05) is 26.7 Å². The van der Waals surface area contributed by atoms with E-state index >= 15 is 0 Å². The highest BCUT2D eigenvalue weighted by atomic mass is 35.5. The van der Waals surface area contributed by atoms with Gasteiger partial charge in [-0.2, -0.15) is 0 Å². The van der Waals surface area contributed by atoms with Gasteiger partial charge in [-0.1, -0.05) is 54.7 Å².